The molecule has 2 aliphatic rings. The van der Waals surface area contributed by atoms with Gasteiger partial charge in [-0.25, -0.2) is 4.98 Å². The summed E-state index contributed by atoms with van der Waals surface area (Å²) in [6.07, 6.45) is 4.79. The molecule has 1 unspecified atom stereocenters. The van der Waals surface area contributed by atoms with E-state index in [0.717, 1.165) is 12.1 Å². The van der Waals surface area contributed by atoms with E-state index in [2.05, 4.69) is 9.97 Å². The Bertz CT molecular complexity index is 857. The van der Waals surface area contributed by atoms with Crippen molar-refractivity contribution >= 4 is 11.8 Å². The third-order valence-electron chi connectivity index (χ3n) is 5.51. The van der Waals surface area contributed by atoms with Gasteiger partial charge in [0, 0.05) is 43.7 Å². The molecule has 7 heteroatoms. The van der Waals surface area contributed by atoms with E-state index < -0.39 is 5.41 Å². The number of hydrogen-bond acceptors (Lipinski definition) is 5. The number of nitrogens with zero attached hydrogens (tertiary/aromatic N) is 4. The average Bonchev–Trinajstić information content (AvgIpc) is 3.28. The fraction of sp³-hybridized carbons (Fsp3) is 0.400. The van der Waals surface area contributed by atoms with Gasteiger partial charge in [0.15, 0.2) is 0 Å². The maximum atomic E-state index is 13.1. The van der Waals surface area contributed by atoms with Gasteiger partial charge in [0.25, 0.3) is 5.91 Å². The SMILES string of the molecule is COc1cc(C(=O)N2CCC3(CCN(Cc4ccccn4)C3=O)C2)ccn1. The second-order valence-corrected chi connectivity index (χ2v) is 7.14. The first-order chi connectivity index (χ1) is 13.1. The molecule has 7 nitrogen and oxygen atoms in total. The van der Waals surface area contributed by atoms with E-state index in [1.807, 2.05) is 23.1 Å². The molecule has 0 N–H and O–H groups in total. The van der Waals surface area contributed by atoms with Gasteiger partial charge in [-0.3, -0.25) is 14.6 Å². The lowest BCUT2D eigenvalue weighted by atomic mass is 9.85. The molecule has 0 bridgehead atoms. The zero-order valence-electron chi connectivity index (χ0n) is 15.3. The number of amides is 2. The summed E-state index contributed by atoms with van der Waals surface area (Å²) in [7, 11) is 1.52. The van der Waals surface area contributed by atoms with Gasteiger partial charge in [-0.15, -0.1) is 0 Å². The number of likely N-dealkylation sites (tertiary alicyclic amines) is 2. The Morgan fingerprint density at radius 3 is 2.81 bits per heavy atom. The minimum Gasteiger partial charge on any atom is -0.481 e. The van der Waals surface area contributed by atoms with Gasteiger partial charge in [0.1, 0.15) is 0 Å². The van der Waals surface area contributed by atoms with E-state index in [9.17, 15) is 9.59 Å². The van der Waals surface area contributed by atoms with Crippen LogP contribution in [0.2, 0.25) is 0 Å². The van der Waals surface area contributed by atoms with Crippen LogP contribution in [0, 0.1) is 5.41 Å². The predicted octanol–water partition coefficient (Wildman–Crippen LogP) is 1.75. The van der Waals surface area contributed by atoms with Crippen LogP contribution in [0.15, 0.2) is 42.7 Å². The van der Waals surface area contributed by atoms with Crippen molar-refractivity contribution in [2.75, 3.05) is 26.7 Å². The highest BCUT2D eigenvalue weighted by molar-refractivity contribution is 5.96. The third-order valence-corrected chi connectivity index (χ3v) is 5.51. The normalized spacial score (nSPS) is 21.9. The topological polar surface area (TPSA) is 75.6 Å². The first kappa shape index (κ1) is 17.5. The maximum absolute atomic E-state index is 13.1. The maximum Gasteiger partial charge on any atom is 0.254 e. The van der Waals surface area contributed by atoms with Gasteiger partial charge in [0.05, 0.1) is 24.8 Å². The molecular formula is C20H22N4O3. The fourth-order valence-electron chi connectivity index (χ4n) is 3.99. The number of rotatable bonds is 4. The van der Waals surface area contributed by atoms with Gasteiger partial charge in [-0.1, -0.05) is 6.07 Å². The molecule has 0 aliphatic carbocycles. The van der Waals surface area contributed by atoms with Crippen molar-refractivity contribution in [1.82, 2.24) is 19.8 Å². The molecule has 0 saturated carbocycles. The van der Waals surface area contributed by atoms with Crippen LogP contribution in [0.4, 0.5) is 0 Å². The van der Waals surface area contributed by atoms with Crippen LogP contribution in [0.5, 0.6) is 5.88 Å². The first-order valence-corrected chi connectivity index (χ1v) is 9.10. The lowest BCUT2D eigenvalue weighted by Gasteiger charge is -2.23. The second-order valence-electron chi connectivity index (χ2n) is 7.14. The Kier molecular flexibility index (Phi) is 4.51. The number of methoxy groups -OCH3 is 1. The first-order valence-electron chi connectivity index (χ1n) is 9.10. The highest BCUT2D eigenvalue weighted by Crippen LogP contribution is 2.41. The molecule has 0 aromatic carbocycles. The van der Waals surface area contributed by atoms with Crippen molar-refractivity contribution in [1.29, 1.82) is 0 Å². The quantitative estimate of drug-likeness (QED) is 0.824. The van der Waals surface area contributed by atoms with E-state index in [1.54, 1.807) is 29.4 Å². The molecule has 4 heterocycles. The zero-order chi connectivity index (χ0) is 18.9. The summed E-state index contributed by atoms with van der Waals surface area (Å²) in [6, 6.07) is 9.04. The number of ether oxygens (including phenoxy) is 1. The van der Waals surface area contributed by atoms with E-state index in [1.165, 1.54) is 7.11 Å². The van der Waals surface area contributed by atoms with Crippen LogP contribution in [0.1, 0.15) is 28.9 Å². The summed E-state index contributed by atoms with van der Waals surface area (Å²) >= 11 is 0. The van der Waals surface area contributed by atoms with Crippen LogP contribution in [-0.2, 0) is 11.3 Å². The molecule has 1 spiro atoms. The van der Waals surface area contributed by atoms with Crippen molar-refractivity contribution in [3.8, 4) is 5.88 Å². The highest BCUT2D eigenvalue weighted by Gasteiger charge is 2.51. The Hall–Kier alpha value is -2.96. The van der Waals surface area contributed by atoms with Gasteiger partial charge in [0.2, 0.25) is 11.8 Å². The minimum absolute atomic E-state index is 0.0800. The molecular weight excluding hydrogens is 344 g/mol. The summed E-state index contributed by atoms with van der Waals surface area (Å²) < 4.78 is 5.10. The number of carbonyl (C=O) groups is 2. The molecule has 2 aliphatic heterocycles. The summed E-state index contributed by atoms with van der Waals surface area (Å²) in [5.74, 6) is 0.465. The Balaban J connectivity index is 1.45. The molecule has 1 atom stereocenters. The zero-order valence-corrected chi connectivity index (χ0v) is 15.3. The van der Waals surface area contributed by atoms with Crippen molar-refractivity contribution in [2.24, 2.45) is 5.41 Å². The van der Waals surface area contributed by atoms with E-state index >= 15 is 0 Å². The summed E-state index contributed by atoms with van der Waals surface area (Å²) in [5, 5.41) is 0. The van der Waals surface area contributed by atoms with Crippen molar-refractivity contribution < 1.29 is 14.3 Å². The second kappa shape index (κ2) is 6.98. The van der Waals surface area contributed by atoms with Gasteiger partial charge < -0.3 is 14.5 Å². The van der Waals surface area contributed by atoms with Crippen LogP contribution < -0.4 is 4.74 Å². The lowest BCUT2D eigenvalue weighted by Crippen LogP contribution is -2.38. The number of hydrogen-bond donors (Lipinski definition) is 0. The molecule has 2 aromatic heterocycles. The number of pyridine rings is 2. The van der Waals surface area contributed by atoms with Gasteiger partial charge >= 0.3 is 0 Å². The fourth-order valence-corrected chi connectivity index (χ4v) is 3.99. The molecule has 27 heavy (non-hydrogen) atoms. The summed E-state index contributed by atoms with van der Waals surface area (Å²) in [5.41, 5.74) is 0.967. The lowest BCUT2D eigenvalue weighted by molar-refractivity contribution is -0.135. The monoisotopic (exact) mass is 366 g/mol. The predicted molar refractivity (Wildman–Crippen MR) is 98.0 cm³/mol. The van der Waals surface area contributed by atoms with Gasteiger partial charge in [-0.2, -0.15) is 0 Å². The van der Waals surface area contributed by atoms with Crippen LogP contribution in [-0.4, -0.2) is 58.3 Å². The Morgan fingerprint density at radius 1 is 1.19 bits per heavy atom. The highest BCUT2D eigenvalue weighted by atomic mass is 16.5. The molecule has 2 aromatic rings. The average molecular weight is 366 g/mol. The third kappa shape index (κ3) is 3.25. The van der Waals surface area contributed by atoms with E-state index in [4.69, 9.17) is 4.74 Å². The minimum atomic E-state index is -0.457. The molecule has 4 rings (SSSR count). The summed E-state index contributed by atoms with van der Waals surface area (Å²) in [6.45, 7) is 2.29. The molecule has 2 saturated heterocycles. The van der Waals surface area contributed by atoms with Crippen LogP contribution in [0.3, 0.4) is 0 Å². The van der Waals surface area contributed by atoms with Crippen molar-refractivity contribution in [2.45, 2.75) is 19.4 Å². The van der Waals surface area contributed by atoms with Crippen LogP contribution in [0.25, 0.3) is 0 Å². The van der Waals surface area contributed by atoms with E-state index in [-0.39, 0.29) is 11.8 Å². The van der Waals surface area contributed by atoms with Crippen LogP contribution >= 0.6 is 0 Å². The Morgan fingerprint density at radius 2 is 2.04 bits per heavy atom. The smallest absolute Gasteiger partial charge is 0.254 e. The van der Waals surface area contributed by atoms with Crippen molar-refractivity contribution in [3.63, 3.8) is 0 Å². The molecule has 2 amide bonds. The standard InChI is InChI=1S/C20H22N4O3/c1-27-17-12-15(5-9-22-17)18(25)24-11-7-20(14-24)6-10-23(19(20)26)13-16-4-2-3-8-21-16/h2-5,8-9,12H,6-7,10-11,13-14H2,1H3. The molecule has 0 radical (unpaired) electrons. The largest absolute Gasteiger partial charge is 0.481 e. The Labute approximate surface area is 158 Å². The van der Waals surface area contributed by atoms with Gasteiger partial charge in [-0.05, 0) is 31.0 Å². The molecule has 2 fully saturated rings. The number of carbonyl (C=O) groups excluding carboxylic acids is 2. The van der Waals surface area contributed by atoms with Crippen molar-refractivity contribution in [3.05, 3.63) is 54.0 Å². The van der Waals surface area contributed by atoms with E-state index in [0.29, 0.717) is 44.0 Å². The molecule has 140 valence electrons. The number of aromatic nitrogens is 2. The summed E-state index contributed by atoms with van der Waals surface area (Å²) in [4.78, 5) is 37.9.